The molecule has 2 heterocycles. The van der Waals surface area contributed by atoms with Crippen LogP contribution in [0.4, 0.5) is 15.9 Å². The smallest absolute Gasteiger partial charge is 0.337 e. The Hall–Kier alpha value is -4.59. The molecule has 174 valence electrons. The molecule has 0 fully saturated rings. The van der Waals surface area contributed by atoms with Gasteiger partial charge in [0.15, 0.2) is 0 Å². The molecule has 8 heteroatoms. The summed E-state index contributed by atoms with van der Waals surface area (Å²) in [6.07, 6.45) is 3.27. The molecule has 5 aromatic rings. The number of anilines is 2. The van der Waals surface area contributed by atoms with Gasteiger partial charge >= 0.3 is 5.97 Å². The summed E-state index contributed by atoms with van der Waals surface area (Å²) in [4.78, 5) is 20.8. The van der Waals surface area contributed by atoms with E-state index in [1.165, 1.54) is 6.07 Å². The SMILES string of the molecule is Cc1ccccc1-n1nc(C)c(-c2ccc3nccnc3c2)c1Nc1c(C)cc(F)cc1C(=O)O. The average molecular weight is 468 g/mol. The van der Waals surface area contributed by atoms with Crippen LogP contribution in [-0.2, 0) is 0 Å². The summed E-state index contributed by atoms with van der Waals surface area (Å²) in [7, 11) is 0. The lowest BCUT2D eigenvalue weighted by Crippen LogP contribution is -2.10. The Morgan fingerprint density at radius 3 is 2.43 bits per heavy atom. The number of halogens is 1. The second kappa shape index (κ2) is 8.64. The third-order valence-corrected chi connectivity index (χ3v) is 5.94. The Bertz CT molecular complexity index is 1610. The summed E-state index contributed by atoms with van der Waals surface area (Å²) >= 11 is 0. The van der Waals surface area contributed by atoms with Gasteiger partial charge in [0.25, 0.3) is 0 Å². The standard InChI is InChI=1S/C27H22FN5O2/c1-15-6-4-5-7-23(15)33-26(31-25-16(2)12-19(28)14-20(25)27(34)35)24(17(3)32-33)18-8-9-21-22(13-18)30-11-10-29-21/h4-14,31H,1-3H3,(H,34,35). The van der Waals surface area contributed by atoms with E-state index in [9.17, 15) is 14.3 Å². The van der Waals surface area contributed by atoms with E-state index in [0.29, 0.717) is 17.1 Å². The van der Waals surface area contributed by atoms with Gasteiger partial charge in [-0.05, 0) is 67.8 Å². The highest BCUT2D eigenvalue weighted by Gasteiger charge is 2.23. The number of rotatable bonds is 5. The molecule has 0 aliphatic heterocycles. The quantitative estimate of drug-likeness (QED) is 0.330. The van der Waals surface area contributed by atoms with E-state index < -0.39 is 11.8 Å². The van der Waals surface area contributed by atoms with Crippen LogP contribution in [0.15, 0.2) is 67.0 Å². The van der Waals surface area contributed by atoms with Gasteiger partial charge in [-0.3, -0.25) is 9.97 Å². The van der Waals surface area contributed by atoms with Crippen LogP contribution in [0, 0.1) is 26.6 Å². The monoisotopic (exact) mass is 467 g/mol. The summed E-state index contributed by atoms with van der Waals surface area (Å²) in [5, 5.41) is 17.9. The van der Waals surface area contributed by atoms with Crippen molar-refractivity contribution in [2.45, 2.75) is 20.8 Å². The predicted molar refractivity (Wildman–Crippen MR) is 133 cm³/mol. The number of carboxylic acids is 1. The molecule has 2 aromatic heterocycles. The molecule has 0 unspecified atom stereocenters. The molecule has 0 saturated carbocycles. The van der Waals surface area contributed by atoms with Gasteiger partial charge in [0.05, 0.1) is 33.7 Å². The Morgan fingerprint density at radius 1 is 0.943 bits per heavy atom. The lowest BCUT2D eigenvalue weighted by molar-refractivity contribution is 0.0697. The molecular formula is C27H22FN5O2. The van der Waals surface area contributed by atoms with Gasteiger partial charge in [0.1, 0.15) is 11.6 Å². The zero-order chi connectivity index (χ0) is 24.7. The molecule has 3 aromatic carbocycles. The minimum Gasteiger partial charge on any atom is -0.478 e. The topological polar surface area (TPSA) is 92.9 Å². The van der Waals surface area contributed by atoms with Crippen molar-refractivity contribution in [1.29, 1.82) is 0 Å². The number of benzene rings is 3. The minimum absolute atomic E-state index is 0.159. The lowest BCUT2D eigenvalue weighted by Gasteiger charge is -2.17. The zero-order valence-electron chi connectivity index (χ0n) is 19.4. The number of hydrogen-bond acceptors (Lipinski definition) is 5. The van der Waals surface area contributed by atoms with Gasteiger partial charge in [0, 0.05) is 18.0 Å². The van der Waals surface area contributed by atoms with Gasteiger partial charge in [-0.15, -0.1) is 0 Å². The van der Waals surface area contributed by atoms with E-state index in [0.717, 1.165) is 45.2 Å². The molecule has 35 heavy (non-hydrogen) atoms. The van der Waals surface area contributed by atoms with Crippen molar-refractivity contribution < 1.29 is 14.3 Å². The third-order valence-electron chi connectivity index (χ3n) is 5.94. The molecule has 0 aliphatic carbocycles. The van der Waals surface area contributed by atoms with E-state index >= 15 is 0 Å². The molecule has 2 N–H and O–H groups in total. The van der Waals surface area contributed by atoms with Gasteiger partial charge < -0.3 is 10.4 Å². The van der Waals surface area contributed by atoms with Gasteiger partial charge in [-0.1, -0.05) is 24.3 Å². The molecular weight excluding hydrogens is 445 g/mol. The van der Waals surface area contributed by atoms with Crippen molar-refractivity contribution in [1.82, 2.24) is 19.7 Å². The summed E-state index contributed by atoms with van der Waals surface area (Å²) < 4.78 is 15.8. The summed E-state index contributed by atoms with van der Waals surface area (Å²) in [6.45, 7) is 5.55. The first-order valence-electron chi connectivity index (χ1n) is 11.0. The fourth-order valence-corrected chi connectivity index (χ4v) is 4.28. The van der Waals surface area contributed by atoms with Crippen LogP contribution in [0.2, 0.25) is 0 Å². The van der Waals surface area contributed by atoms with Crippen molar-refractivity contribution in [3.05, 3.63) is 95.2 Å². The van der Waals surface area contributed by atoms with Crippen molar-refractivity contribution in [3.63, 3.8) is 0 Å². The average Bonchev–Trinajstić information content (AvgIpc) is 3.15. The van der Waals surface area contributed by atoms with E-state index in [1.54, 1.807) is 24.0 Å². The van der Waals surface area contributed by atoms with Crippen LogP contribution >= 0.6 is 0 Å². The van der Waals surface area contributed by atoms with E-state index in [4.69, 9.17) is 5.10 Å². The van der Waals surface area contributed by atoms with Crippen molar-refractivity contribution in [3.8, 4) is 16.8 Å². The maximum absolute atomic E-state index is 14.1. The van der Waals surface area contributed by atoms with Crippen LogP contribution in [0.3, 0.4) is 0 Å². The van der Waals surface area contributed by atoms with Crippen LogP contribution < -0.4 is 5.32 Å². The number of nitrogens with zero attached hydrogens (tertiary/aromatic N) is 4. The van der Waals surface area contributed by atoms with Crippen LogP contribution in [-0.4, -0.2) is 30.8 Å². The van der Waals surface area contributed by atoms with E-state index in [2.05, 4.69) is 15.3 Å². The molecule has 0 bridgehead atoms. The summed E-state index contributed by atoms with van der Waals surface area (Å²) in [6, 6.07) is 15.9. The van der Waals surface area contributed by atoms with Crippen molar-refractivity contribution >= 4 is 28.5 Å². The maximum atomic E-state index is 14.1. The molecule has 0 amide bonds. The Balaban J connectivity index is 1.78. The Labute approximate surface area is 200 Å². The zero-order valence-corrected chi connectivity index (χ0v) is 19.4. The first kappa shape index (κ1) is 22.2. The fraction of sp³-hybridized carbons (Fsp3) is 0.111. The van der Waals surface area contributed by atoms with Gasteiger partial charge in [-0.2, -0.15) is 5.10 Å². The molecule has 5 rings (SSSR count). The van der Waals surface area contributed by atoms with Crippen molar-refractivity contribution in [2.75, 3.05) is 5.32 Å². The fourth-order valence-electron chi connectivity index (χ4n) is 4.28. The van der Waals surface area contributed by atoms with Crippen LogP contribution in [0.25, 0.3) is 27.8 Å². The molecule has 0 atom stereocenters. The first-order chi connectivity index (χ1) is 16.8. The number of aromatic carboxylic acids is 1. The minimum atomic E-state index is -1.23. The maximum Gasteiger partial charge on any atom is 0.337 e. The number of hydrogen-bond donors (Lipinski definition) is 2. The van der Waals surface area contributed by atoms with Gasteiger partial charge in [-0.25, -0.2) is 13.9 Å². The van der Waals surface area contributed by atoms with E-state index in [-0.39, 0.29) is 5.56 Å². The highest BCUT2D eigenvalue weighted by atomic mass is 19.1. The largest absolute Gasteiger partial charge is 0.478 e. The Kier molecular flexibility index (Phi) is 5.49. The Morgan fingerprint density at radius 2 is 1.69 bits per heavy atom. The molecule has 0 saturated heterocycles. The van der Waals surface area contributed by atoms with Crippen LogP contribution in [0.1, 0.15) is 27.2 Å². The third kappa shape index (κ3) is 3.99. The predicted octanol–water partition coefficient (Wildman–Crippen LogP) is 5.99. The highest BCUT2D eigenvalue weighted by Crippen LogP contribution is 2.38. The van der Waals surface area contributed by atoms with E-state index in [1.807, 2.05) is 56.3 Å². The second-order valence-electron chi connectivity index (χ2n) is 8.34. The molecule has 0 aliphatic rings. The number of aryl methyl sites for hydroxylation is 3. The number of aromatic nitrogens is 4. The molecule has 0 radical (unpaired) electrons. The highest BCUT2D eigenvalue weighted by molar-refractivity contribution is 5.97. The van der Waals surface area contributed by atoms with Gasteiger partial charge in [0.2, 0.25) is 0 Å². The number of para-hydroxylation sites is 1. The number of carboxylic acid groups (broad SMARTS) is 1. The molecule has 0 spiro atoms. The molecule has 7 nitrogen and oxygen atoms in total. The number of fused-ring (bicyclic) bond motifs is 1. The van der Waals surface area contributed by atoms with Crippen LogP contribution in [0.5, 0.6) is 0 Å². The lowest BCUT2D eigenvalue weighted by atomic mass is 10.0. The summed E-state index contributed by atoms with van der Waals surface area (Å²) in [5.74, 6) is -1.27. The van der Waals surface area contributed by atoms with Crippen molar-refractivity contribution in [2.24, 2.45) is 0 Å². The number of carbonyl (C=O) groups is 1. The normalized spacial score (nSPS) is 11.1. The second-order valence-corrected chi connectivity index (χ2v) is 8.34. The first-order valence-corrected chi connectivity index (χ1v) is 11.0. The summed E-state index contributed by atoms with van der Waals surface area (Å²) in [5.41, 5.74) is 6.27. The number of nitrogens with one attached hydrogen (secondary N) is 1.